The van der Waals surface area contributed by atoms with E-state index in [0.717, 1.165) is 16.7 Å². The lowest BCUT2D eigenvalue weighted by molar-refractivity contribution is 0.804. The molecule has 0 bridgehead atoms. The number of aryl methyl sites for hydroxylation is 1. The molecule has 0 radical (unpaired) electrons. The molecule has 1 aromatic carbocycles. The predicted molar refractivity (Wildman–Crippen MR) is 73.5 cm³/mol. The molecule has 3 nitrogen and oxygen atoms in total. The fraction of sp³-hybridized carbons (Fsp3) is 0.308. The molecule has 1 heterocycles. The van der Waals surface area contributed by atoms with Crippen molar-refractivity contribution in [2.75, 3.05) is 7.05 Å². The molecule has 4 heteroatoms. The Balaban J connectivity index is 2.56. The first kappa shape index (κ1) is 12.3. The summed E-state index contributed by atoms with van der Waals surface area (Å²) >= 11 is 3.52. The molecule has 17 heavy (non-hydrogen) atoms. The maximum atomic E-state index is 4.35. The SMILES string of the molecule is CNCc1ccc(Br)cc1-n1cnc(C)c1C. The molecule has 0 aliphatic heterocycles. The number of halogens is 1. The number of benzene rings is 1. The Morgan fingerprint density at radius 2 is 2.12 bits per heavy atom. The van der Waals surface area contributed by atoms with Gasteiger partial charge in [0.15, 0.2) is 0 Å². The molecule has 2 rings (SSSR count). The first-order valence-corrected chi connectivity index (χ1v) is 6.36. The number of nitrogens with zero attached hydrogens (tertiary/aromatic N) is 2. The lowest BCUT2D eigenvalue weighted by atomic mass is 10.1. The van der Waals surface area contributed by atoms with Gasteiger partial charge in [-0.15, -0.1) is 0 Å². The summed E-state index contributed by atoms with van der Waals surface area (Å²) in [6.45, 7) is 4.97. The highest BCUT2D eigenvalue weighted by molar-refractivity contribution is 9.10. The zero-order chi connectivity index (χ0) is 12.4. The van der Waals surface area contributed by atoms with E-state index in [-0.39, 0.29) is 0 Å². The topological polar surface area (TPSA) is 29.9 Å². The van der Waals surface area contributed by atoms with Gasteiger partial charge in [-0.2, -0.15) is 0 Å². The second-order valence-corrected chi connectivity index (χ2v) is 5.00. The van der Waals surface area contributed by atoms with Crippen LogP contribution >= 0.6 is 15.9 Å². The summed E-state index contributed by atoms with van der Waals surface area (Å²) < 4.78 is 3.21. The van der Waals surface area contributed by atoms with Crippen molar-refractivity contribution in [3.05, 3.63) is 46.0 Å². The van der Waals surface area contributed by atoms with Crippen LogP contribution in [0, 0.1) is 13.8 Å². The quantitative estimate of drug-likeness (QED) is 0.943. The molecule has 0 atom stereocenters. The van der Waals surface area contributed by atoms with Crippen LogP contribution in [0.2, 0.25) is 0 Å². The third-order valence-corrected chi connectivity index (χ3v) is 3.42. The third kappa shape index (κ3) is 2.42. The molecular weight excluding hydrogens is 278 g/mol. The lowest BCUT2D eigenvalue weighted by Crippen LogP contribution is -2.09. The fourth-order valence-electron chi connectivity index (χ4n) is 1.84. The Bertz CT molecular complexity index is 531. The first-order valence-electron chi connectivity index (χ1n) is 5.57. The molecule has 90 valence electrons. The number of hydrogen-bond donors (Lipinski definition) is 1. The Morgan fingerprint density at radius 1 is 1.35 bits per heavy atom. The summed E-state index contributed by atoms with van der Waals surface area (Å²) in [5, 5.41) is 3.19. The minimum atomic E-state index is 0.847. The summed E-state index contributed by atoms with van der Waals surface area (Å²) in [6.07, 6.45) is 1.88. The van der Waals surface area contributed by atoms with Crippen LogP contribution in [0.5, 0.6) is 0 Å². The number of aromatic nitrogens is 2. The highest BCUT2D eigenvalue weighted by Crippen LogP contribution is 2.22. The summed E-state index contributed by atoms with van der Waals surface area (Å²) in [4.78, 5) is 4.35. The van der Waals surface area contributed by atoms with E-state index in [1.807, 2.05) is 20.3 Å². The van der Waals surface area contributed by atoms with Gasteiger partial charge >= 0.3 is 0 Å². The minimum Gasteiger partial charge on any atom is -0.316 e. The maximum absolute atomic E-state index is 4.35. The molecule has 0 fully saturated rings. The number of rotatable bonds is 3. The van der Waals surface area contributed by atoms with Gasteiger partial charge in [-0.1, -0.05) is 22.0 Å². The summed E-state index contributed by atoms with van der Waals surface area (Å²) in [6, 6.07) is 6.32. The van der Waals surface area contributed by atoms with Crippen LogP contribution in [0.25, 0.3) is 5.69 Å². The molecule has 0 unspecified atom stereocenters. The summed E-state index contributed by atoms with van der Waals surface area (Å²) in [5.74, 6) is 0. The number of nitrogens with one attached hydrogen (secondary N) is 1. The second kappa shape index (κ2) is 5.02. The molecule has 1 N–H and O–H groups in total. The van der Waals surface area contributed by atoms with Gasteiger partial charge in [-0.25, -0.2) is 4.98 Å². The molecule has 0 saturated carbocycles. The highest BCUT2D eigenvalue weighted by atomic mass is 79.9. The highest BCUT2D eigenvalue weighted by Gasteiger charge is 2.09. The first-order chi connectivity index (χ1) is 8.13. The Hall–Kier alpha value is -1.13. The molecular formula is C13H16BrN3. The van der Waals surface area contributed by atoms with Crippen molar-refractivity contribution in [3.8, 4) is 5.69 Å². The average Bonchev–Trinajstić information content (AvgIpc) is 2.63. The van der Waals surface area contributed by atoms with Crippen molar-refractivity contribution in [2.24, 2.45) is 0 Å². The van der Waals surface area contributed by atoms with Crippen LogP contribution in [0.4, 0.5) is 0 Å². The Kier molecular flexibility index (Phi) is 3.64. The smallest absolute Gasteiger partial charge is 0.0997 e. The number of hydrogen-bond acceptors (Lipinski definition) is 2. The van der Waals surface area contributed by atoms with Gasteiger partial charge < -0.3 is 9.88 Å². The van der Waals surface area contributed by atoms with Gasteiger partial charge in [-0.3, -0.25) is 0 Å². The van der Waals surface area contributed by atoms with Gasteiger partial charge in [0.1, 0.15) is 0 Å². The zero-order valence-electron chi connectivity index (χ0n) is 10.3. The third-order valence-electron chi connectivity index (χ3n) is 2.93. The van der Waals surface area contributed by atoms with Gasteiger partial charge in [0.2, 0.25) is 0 Å². The van der Waals surface area contributed by atoms with Crippen LogP contribution in [0.1, 0.15) is 17.0 Å². The van der Waals surface area contributed by atoms with Crippen molar-refractivity contribution in [2.45, 2.75) is 20.4 Å². The molecule has 0 aliphatic rings. The zero-order valence-corrected chi connectivity index (χ0v) is 11.9. The predicted octanol–water partition coefficient (Wildman–Crippen LogP) is 2.97. The molecule has 1 aromatic heterocycles. The summed E-state index contributed by atoms with van der Waals surface area (Å²) in [7, 11) is 1.96. The molecule has 2 aromatic rings. The van der Waals surface area contributed by atoms with E-state index in [2.05, 4.69) is 55.9 Å². The van der Waals surface area contributed by atoms with E-state index < -0.39 is 0 Å². The van der Waals surface area contributed by atoms with Crippen LogP contribution in [0.15, 0.2) is 29.0 Å². The lowest BCUT2D eigenvalue weighted by Gasteiger charge is -2.12. The second-order valence-electron chi connectivity index (χ2n) is 4.09. The number of imidazole rings is 1. The van der Waals surface area contributed by atoms with Gasteiger partial charge in [-0.05, 0) is 38.6 Å². The van der Waals surface area contributed by atoms with Crippen LogP contribution in [-0.4, -0.2) is 16.6 Å². The van der Waals surface area contributed by atoms with Crippen LogP contribution < -0.4 is 5.32 Å². The molecule has 0 saturated heterocycles. The van der Waals surface area contributed by atoms with E-state index >= 15 is 0 Å². The van der Waals surface area contributed by atoms with Crippen LogP contribution in [-0.2, 0) is 6.54 Å². The van der Waals surface area contributed by atoms with Crippen molar-refractivity contribution in [1.82, 2.24) is 14.9 Å². The van der Waals surface area contributed by atoms with Crippen molar-refractivity contribution < 1.29 is 0 Å². The van der Waals surface area contributed by atoms with E-state index in [9.17, 15) is 0 Å². The normalized spacial score (nSPS) is 10.8. The molecule has 0 spiro atoms. The van der Waals surface area contributed by atoms with E-state index in [0.29, 0.717) is 0 Å². The Labute approximate surface area is 110 Å². The van der Waals surface area contributed by atoms with Gasteiger partial charge in [0.05, 0.1) is 17.7 Å². The Morgan fingerprint density at radius 3 is 2.71 bits per heavy atom. The van der Waals surface area contributed by atoms with Crippen molar-refractivity contribution in [1.29, 1.82) is 0 Å². The van der Waals surface area contributed by atoms with Crippen molar-refractivity contribution >= 4 is 15.9 Å². The minimum absolute atomic E-state index is 0.847. The standard InChI is InChI=1S/C13H16BrN3/c1-9-10(2)17(8-16-9)13-6-12(14)5-4-11(13)7-15-3/h4-6,8,15H,7H2,1-3H3. The molecule has 0 amide bonds. The average molecular weight is 294 g/mol. The van der Waals surface area contributed by atoms with Crippen molar-refractivity contribution in [3.63, 3.8) is 0 Å². The van der Waals surface area contributed by atoms with E-state index in [1.54, 1.807) is 0 Å². The van der Waals surface area contributed by atoms with Crippen LogP contribution in [0.3, 0.4) is 0 Å². The molecule has 0 aliphatic carbocycles. The van der Waals surface area contributed by atoms with Gasteiger partial charge in [0, 0.05) is 16.7 Å². The van der Waals surface area contributed by atoms with E-state index in [4.69, 9.17) is 0 Å². The van der Waals surface area contributed by atoms with E-state index in [1.165, 1.54) is 16.9 Å². The van der Waals surface area contributed by atoms with Gasteiger partial charge in [0.25, 0.3) is 0 Å². The fourth-order valence-corrected chi connectivity index (χ4v) is 2.19. The summed E-state index contributed by atoms with van der Waals surface area (Å²) in [5.41, 5.74) is 4.68. The maximum Gasteiger partial charge on any atom is 0.0997 e. The monoisotopic (exact) mass is 293 g/mol. The largest absolute Gasteiger partial charge is 0.316 e.